The van der Waals surface area contributed by atoms with Crippen LogP contribution in [0.15, 0.2) is 30.5 Å². The summed E-state index contributed by atoms with van der Waals surface area (Å²) in [7, 11) is 0. The highest BCUT2D eigenvalue weighted by Crippen LogP contribution is 2.33. The number of aryl methyl sites for hydroxylation is 1. The van der Waals surface area contributed by atoms with E-state index in [1.807, 2.05) is 13.8 Å². The van der Waals surface area contributed by atoms with Gasteiger partial charge in [-0.25, -0.2) is 4.68 Å². The number of piperidine rings is 1. The Morgan fingerprint density at radius 3 is 2.56 bits per heavy atom. The van der Waals surface area contributed by atoms with E-state index in [9.17, 15) is 18.0 Å². The summed E-state index contributed by atoms with van der Waals surface area (Å²) in [5.74, 6) is -0.741. The molecule has 1 fully saturated rings. The number of aromatic nitrogens is 2. The molecular formula is C18H22ClF3N4O. The molecule has 1 aromatic heterocycles. The number of amides is 1. The lowest BCUT2D eigenvalue weighted by molar-refractivity contribution is -0.143. The van der Waals surface area contributed by atoms with Crippen LogP contribution in [0.5, 0.6) is 0 Å². The Kier molecular flexibility index (Phi) is 6.54. The summed E-state index contributed by atoms with van der Waals surface area (Å²) in [4.78, 5) is 12.5. The Bertz CT molecular complexity index is 789. The van der Waals surface area contributed by atoms with E-state index in [4.69, 9.17) is 0 Å². The van der Waals surface area contributed by atoms with E-state index in [1.165, 1.54) is 0 Å². The number of rotatable bonds is 3. The standard InChI is InChI=1S/C18H21F3N4O.ClH/c1-11-3-5-14(6-4-11)25-16(18(19,20)21)15(10-23-25)17(26)24-13-7-8-22-12(2)9-13;/h3-6,10,12-13,22H,7-9H2,1-2H3,(H,24,26);1H. The van der Waals surface area contributed by atoms with E-state index >= 15 is 0 Å². The minimum absolute atomic E-state index is 0. The minimum Gasteiger partial charge on any atom is -0.349 e. The van der Waals surface area contributed by atoms with Crippen molar-refractivity contribution in [2.24, 2.45) is 0 Å². The zero-order valence-electron chi connectivity index (χ0n) is 15.0. The second-order valence-electron chi connectivity index (χ2n) is 6.70. The van der Waals surface area contributed by atoms with E-state index < -0.39 is 23.3 Å². The van der Waals surface area contributed by atoms with Gasteiger partial charge in [-0.1, -0.05) is 17.7 Å². The molecular weight excluding hydrogens is 381 g/mol. The SMILES string of the molecule is Cc1ccc(-n2ncc(C(=O)NC3CCNC(C)C3)c2C(F)(F)F)cc1.Cl. The molecule has 2 heterocycles. The molecule has 9 heteroatoms. The normalized spacial score (nSPS) is 20.0. The van der Waals surface area contributed by atoms with Gasteiger partial charge in [0.25, 0.3) is 5.91 Å². The topological polar surface area (TPSA) is 59.0 Å². The Morgan fingerprint density at radius 2 is 1.96 bits per heavy atom. The van der Waals surface area contributed by atoms with Crippen LogP contribution in [0, 0.1) is 6.92 Å². The highest BCUT2D eigenvalue weighted by molar-refractivity contribution is 5.95. The molecule has 2 unspecified atom stereocenters. The van der Waals surface area contributed by atoms with Gasteiger partial charge in [0.05, 0.1) is 17.4 Å². The van der Waals surface area contributed by atoms with Gasteiger partial charge < -0.3 is 10.6 Å². The molecule has 0 radical (unpaired) electrons. The molecule has 1 amide bonds. The molecule has 0 saturated carbocycles. The highest BCUT2D eigenvalue weighted by Gasteiger charge is 2.41. The smallest absolute Gasteiger partial charge is 0.349 e. The van der Waals surface area contributed by atoms with Crippen molar-refractivity contribution >= 4 is 18.3 Å². The number of benzene rings is 1. The summed E-state index contributed by atoms with van der Waals surface area (Å²) in [6.07, 6.45) is -2.35. The van der Waals surface area contributed by atoms with Crippen LogP contribution in [0.3, 0.4) is 0 Å². The number of nitrogens with one attached hydrogen (secondary N) is 2. The molecule has 3 rings (SSSR count). The van der Waals surface area contributed by atoms with E-state index in [0.717, 1.165) is 23.0 Å². The highest BCUT2D eigenvalue weighted by atomic mass is 35.5. The molecule has 27 heavy (non-hydrogen) atoms. The number of hydrogen-bond acceptors (Lipinski definition) is 3. The lowest BCUT2D eigenvalue weighted by atomic mass is 10.0. The summed E-state index contributed by atoms with van der Waals surface area (Å²) in [5.41, 5.74) is -0.324. The summed E-state index contributed by atoms with van der Waals surface area (Å²) < 4.78 is 41.7. The number of halogens is 4. The number of nitrogens with zero attached hydrogens (tertiary/aromatic N) is 2. The summed E-state index contributed by atoms with van der Waals surface area (Å²) in [6.45, 7) is 4.55. The fourth-order valence-corrected chi connectivity index (χ4v) is 3.20. The van der Waals surface area contributed by atoms with Crippen molar-refractivity contribution in [3.63, 3.8) is 0 Å². The molecule has 1 aliphatic heterocycles. The fraction of sp³-hybridized carbons (Fsp3) is 0.444. The number of carbonyl (C=O) groups is 1. The molecule has 1 aliphatic rings. The van der Waals surface area contributed by atoms with Crippen LogP contribution in [-0.4, -0.2) is 34.3 Å². The van der Waals surface area contributed by atoms with Crippen molar-refractivity contribution in [2.45, 2.75) is 44.9 Å². The predicted molar refractivity (Wildman–Crippen MR) is 98.5 cm³/mol. The van der Waals surface area contributed by atoms with Crippen molar-refractivity contribution < 1.29 is 18.0 Å². The summed E-state index contributed by atoms with van der Waals surface area (Å²) in [6, 6.07) is 6.57. The fourth-order valence-electron chi connectivity index (χ4n) is 3.20. The first-order chi connectivity index (χ1) is 12.3. The van der Waals surface area contributed by atoms with Gasteiger partial charge in [0.15, 0.2) is 5.69 Å². The molecule has 2 atom stereocenters. The lowest BCUT2D eigenvalue weighted by Crippen LogP contribution is -2.46. The van der Waals surface area contributed by atoms with Crippen LogP contribution in [0.25, 0.3) is 5.69 Å². The number of carbonyl (C=O) groups excluding carboxylic acids is 1. The van der Waals surface area contributed by atoms with Gasteiger partial charge in [0.2, 0.25) is 0 Å². The van der Waals surface area contributed by atoms with Gasteiger partial charge >= 0.3 is 6.18 Å². The van der Waals surface area contributed by atoms with Crippen LogP contribution in [0.1, 0.15) is 41.4 Å². The molecule has 148 valence electrons. The third kappa shape index (κ3) is 4.81. The van der Waals surface area contributed by atoms with Gasteiger partial charge in [0.1, 0.15) is 0 Å². The molecule has 2 aromatic rings. The van der Waals surface area contributed by atoms with E-state index in [0.29, 0.717) is 12.8 Å². The number of alkyl halides is 3. The second kappa shape index (κ2) is 8.31. The van der Waals surface area contributed by atoms with Crippen LogP contribution in [0.4, 0.5) is 13.2 Å². The first kappa shape index (κ1) is 21.2. The zero-order valence-corrected chi connectivity index (χ0v) is 15.8. The van der Waals surface area contributed by atoms with E-state index in [2.05, 4.69) is 15.7 Å². The Morgan fingerprint density at radius 1 is 1.30 bits per heavy atom. The molecule has 0 spiro atoms. The average molecular weight is 403 g/mol. The average Bonchev–Trinajstić information content (AvgIpc) is 3.01. The van der Waals surface area contributed by atoms with Gasteiger partial charge in [-0.05, 0) is 45.4 Å². The largest absolute Gasteiger partial charge is 0.434 e. The molecule has 0 bridgehead atoms. The zero-order chi connectivity index (χ0) is 18.9. The van der Waals surface area contributed by atoms with Crippen molar-refractivity contribution in [3.05, 3.63) is 47.3 Å². The molecule has 1 saturated heterocycles. The van der Waals surface area contributed by atoms with Crippen molar-refractivity contribution in [1.29, 1.82) is 0 Å². The van der Waals surface area contributed by atoms with Crippen LogP contribution in [-0.2, 0) is 6.18 Å². The van der Waals surface area contributed by atoms with Gasteiger partial charge in [0, 0.05) is 12.1 Å². The first-order valence-electron chi connectivity index (χ1n) is 8.52. The first-order valence-corrected chi connectivity index (χ1v) is 8.52. The molecule has 5 nitrogen and oxygen atoms in total. The Hall–Kier alpha value is -2.06. The third-order valence-electron chi connectivity index (χ3n) is 4.52. The molecule has 0 aliphatic carbocycles. The number of hydrogen-bond donors (Lipinski definition) is 2. The minimum atomic E-state index is -4.70. The summed E-state index contributed by atoms with van der Waals surface area (Å²) >= 11 is 0. The van der Waals surface area contributed by atoms with Crippen LogP contribution < -0.4 is 10.6 Å². The Labute approximate surface area is 161 Å². The van der Waals surface area contributed by atoms with Gasteiger partial charge in [-0.15, -0.1) is 12.4 Å². The predicted octanol–water partition coefficient (Wildman–Crippen LogP) is 3.49. The third-order valence-corrected chi connectivity index (χ3v) is 4.52. The lowest BCUT2D eigenvalue weighted by Gasteiger charge is -2.28. The van der Waals surface area contributed by atoms with E-state index in [1.54, 1.807) is 24.3 Å². The maximum absolute atomic E-state index is 13.7. The quantitative estimate of drug-likeness (QED) is 0.826. The molecule has 2 N–H and O–H groups in total. The maximum Gasteiger partial charge on any atom is 0.434 e. The Balaban J connectivity index is 0.00000261. The maximum atomic E-state index is 13.7. The second-order valence-corrected chi connectivity index (χ2v) is 6.70. The van der Waals surface area contributed by atoms with Crippen molar-refractivity contribution in [1.82, 2.24) is 20.4 Å². The van der Waals surface area contributed by atoms with Gasteiger partial charge in [-0.3, -0.25) is 4.79 Å². The van der Waals surface area contributed by atoms with Crippen molar-refractivity contribution in [3.8, 4) is 5.69 Å². The van der Waals surface area contributed by atoms with Gasteiger partial charge in [-0.2, -0.15) is 18.3 Å². The molecule has 1 aromatic carbocycles. The van der Waals surface area contributed by atoms with E-state index in [-0.39, 0.29) is 30.2 Å². The van der Waals surface area contributed by atoms with Crippen LogP contribution >= 0.6 is 12.4 Å². The van der Waals surface area contributed by atoms with Crippen LogP contribution in [0.2, 0.25) is 0 Å². The van der Waals surface area contributed by atoms with Crippen molar-refractivity contribution in [2.75, 3.05) is 6.54 Å². The summed E-state index contributed by atoms with van der Waals surface area (Å²) in [5, 5.41) is 9.80. The monoisotopic (exact) mass is 402 g/mol.